The molecule has 0 bridgehead atoms. The van der Waals surface area contributed by atoms with E-state index in [9.17, 15) is 10.4 Å². The highest BCUT2D eigenvalue weighted by Crippen LogP contribution is 2.32. The predicted molar refractivity (Wildman–Crippen MR) is 117 cm³/mol. The smallest absolute Gasteiger partial charge is 0.136 e. The van der Waals surface area contributed by atoms with Crippen LogP contribution in [-0.4, -0.2) is 5.11 Å². The number of halogens is 1. The van der Waals surface area contributed by atoms with Gasteiger partial charge in [0.2, 0.25) is 0 Å². The largest absolute Gasteiger partial charge is 0.506 e. The Morgan fingerprint density at radius 1 is 0.852 bits per heavy atom. The molecule has 0 aliphatic rings. The van der Waals surface area contributed by atoms with Gasteiger partial charge in [-0.05, 0) is 37.0 Å². The highest BCUT2D eigenvalue weighted by molar-refractivity contribution is 6.31. The van der Waals surface area contributed by atoms with Gasteiger partial charge in [0, 0.05) is 5.02 Å². The Labute approximate surface area is 171 Å². The van der Waals surface area contributed by atoms with E-state index in [4.69, 9.17) is 11.6 Å². The molecule has 0 aliphatic heterocycles. The van der Waals surface area contributed by atoms with E-state index in [-0.39, 0.29) is 5.75 Å². The molecule has 0 aliphatic carbocycles. The molecule has 0 saturated carbocycles. The lowest BCUT2D eigenvalue weighted by Crippen LogP contribution is -1.93. The molecule has 0 atom stereocenters. The fourth-order valence-electron chi connectivity index (χ4n) is 3.62. The van der Waals surface area contributed by atoms with Gasteiger partial charge in [0.15, 0.2) is 0 Å². The van der Waals surface area contributed by atoms with E-state index in [0.717, 1.165) is 18.4 Å². The number of hydrogen-bond donors (Lipinski definition) is 1. The highest BCUT2D eigenvalue weighted by Gasteiger charge is 2.13. The molecule has 0 saturated heterocycles. The van der Waals surface area contributed by atoms with Crippen molar-refractivity contribution in [2.75, 3.05) is 0 Å². The summed E-state index contributed by atoms with van der Waals surface area (Å²) in [7, 11) is 0. The minimum absolute atomic E-state index is 0.120. The van der Waals surface area contributed by atoms with Gasteiger partial charge in [-0.15, -0.1) is 0 Å². The second kappa shape index (κ2) is 14.8. The van der Waals surface area contributed by atoms with Crippen LogP contribution in [0, 0.1) is 18.3 Å². The Bertz CT molecular complexity index is 577. The Kier molecular flexibility index (Phi) is 13.1. The zero-order valence-electron chi connectivity index (χ0n) is 17.5. The van der Waals surface area contributed by atoms with Crippen molar-refractivity contribution in [3.8, 4) is 11.8 Å². The van der Waals surface area contributed by atoms with Crippen molar-refractivity contribution in [3.05, 3.63) is 27.8 Å². The summed E-state index contributed by atoms with van der Waals surface area (Å²) in [5.74, 6) is 0.120. The number of phenolic OH excluding ortho intramolecular Hbond substituents is 1. The Hall–Kier alpha value is -1.20. The quantitative estimate of drug-likeness (QED) is 0.306. The number of nitriles is 1. The SMILES string of the molecule is CCCCCCCCCCCCCCCCc1cc(Cl)c(C)c(C#N)c1O. The van der Waals surface area contributed by atoms with Crippen LogP contribution in [0.25, 0.3) is 0 Å². The van der Waals surface area contributed by atoms with Gasteiger partial charge in [0.25, 0.3) is 0 Å². The first-order valence-corrected chi connectivity index (χ1v) is 11.4. The van der Waals surface area contributed by atoms with Crippen molar-refractivity contribution >= 4 is 11.6 Å². The summed E-state index contributed by atoms with van der Waals surface area (Å²) in [4.78, 5) is 0. The van der Waals surface area contributed by atoms with Crippen LogP contribution in [0.15, 0.2) is 6.07 Å². The minimum atomic E-state index is 0.120. The molecule has 2 nitrogen and oxygen atoms in total. The lowest BCUT2D eigenvalue weighted by Gasteiger charge is -2.10. The summed E-state index contributed by atoms with van der Waals surface area (Å²) in [5.41, 5.74) is 1.80. The number of unbranched alkanes of at least 4 members (excludes halogenated alkanes) is 13. The van der Waals surface area contributed by atoms with Crippen molar-refractivity contribution in [3.63, 3.8) is 0 Å². The van der Waals surface area contributed by atoms with E-state index in [2.05, 4.69) is 13.0 Å². The molecule has 1 rings (SSSR count). The van der Waals surface area contributed by atoms with E-state index < -0.39 is 0 Å². The van der Waals surface area contributed by atoms with E-state index in [1.807, 2.05) is 6.07 Å². The zero-order chi connectivity index (χ0) is 19.9. The van der Waals surface area contributed by atoms with Crippen LogP contribution in [0.1, 0.15) is 114 Å². The lowest BCUT2D eigenvalue weighted by atomic mass is 9.99. The van der Waals surface area contributed by atoms with Crippen molar-refractivity contribution in [1.82, 2.24) is 0 Å². The summed E-state index contributed by atoms with van der Waals surface area (Å²) < 4.78 is 0. The summed E-state index contributed by atoms with van der Waals surface area (Å²) in [5, 5.41) is 20.0. The normalized spacial score (nSPS) is 10.9. The number of aryl methyl sites for hydroxylation is 1. The number of nitrogens with zero attached hydrogens (tertiary/aromatic N) is 1. The number of phenols is 1. The molecule has 0 aromatic heterocycles. The molecule has 0 fully saturated rings. The van der Waals surface area contributed by atoms with Gasteiger partial charge in [-0.1, -0.05) is 102 Å². The van der Waals surface area contributed by atoms with Crippen molar-refractivity contribution < 1.29 is 5.11 Å². The van der Waals surface area contributed by atoms with Crippen LogP contribution in [0.3, 0.4) is 0 Å². The second-order valence-corrected chi connectivity index (χ2v) is 8.23. The van der Waals surface area contributed by atoms with Crippen LogP contribution in [0.4, 0.5) is 0 Å². The maximum atomic E-state index is 10.2. The molecule has 0 heterocycles. The monoisotopic (exact) mass is 391 g/mol. The van der Waals surface area contributed by atoms with Crippen molar-refractivity contribution in [1.29, 1.82) is 5.26 Å². The average molecular weight is 392 g/mol. The molecule has 27 heavy (non-hydrogen) atoms. The highest BCUT2D eigenvalue weighted by atomic mass is 35.5. The first-order valence-electron chi connectivity index (χ1n) is 11.0. The van der Waals surface area contributed by atoms with Crippen molar-refractivity contribution in [2.24, 2.45) is 0 Å². The molecule has 152 valence electrons. The van der Waals surface area contributed by atoms with Crippen LogP contribution in [-0.2, 0) is 6.42 Å². The van der Waals surface area contributed by atoms with Crippen LogP contribution < -0.4 is 0 Å². The summed E-state index contributed by atoms with van der Waals surface area (Å²) in [6, 6.07) is 3.88. The molecule has 3 heteroatoms. The number of hydrogen-bond acceptors (Lipinski definition) is 2. The number of benzene rings is 1. The number of rotatable bonds is 15. The standard InChI is InChI=1S/C24H38ClNO/c1-3-4-5-6-7-8-9-10-11-12-13-14-15-16-17-21-18-23(25)20(2)22(19-26)24(21)27/h18,27H,3-17H2,1-2H3. The first kappa shape index (κ1) is 23.8. The fourth-order valence-corrected chi connectivity index (χ4v) is 3.85. The van der Waals surface area contributed by atoms with Gasteiger partial charge >= 0.3 is 0 Å². The minimum Gasteiger partial charge on any atom is -0.506 e. The third-order valence-electron chi connectivity index (χ3n) is 5.49. The van der Waals surface area contributed by atoms with E-state index >= 15 is 0 Å². The summed E-state index contributed by atoms with van der Waals surface area (Å²) >= 11 is 6.17. The van der Waals surface area contributed by atoms with Gasteiger partial charge in [-0.25, -0.2) is 0 Å². The predicted octanol–water partition coefficient (Wildman–Crippen LogP) is 8.25. The maximum Gasteiger partial charge on any atom is 0.136 e. The van der Waals surface area contributed by atoms with E-state index in [1.54, 1.807) is 6.92 Å². The molecule has 0 amide bonds. The molecule has 0 spiro atoms. The van der Waals surface area contributed by atoms with E-state index in [0.29, 0.717) is 16.1 Å². The Morgan fingerprint density at radius 2 is 1.30 bits per heavy atom. The van der Waals surface area contributed by atoms with Gasteiger partial charge in [0.1, 0.15) is 11.8 Å². The van der Waals surface area contributed by atoms with E-state index in [1.165, 1.54) is 83.5 Å². The number of aromatic hydroxyl groups is 1. The zero-order valence-corrected chi connectivity index (χ0v) is 18.2. The average Bonchev–Trinajstić information content (AvgIpc) is 2.66. The molecule has 1 N–H and O–H groups in total. The molecule has 0 radical (unpaired) electrons. The van der Waals surface area contributed by atoms with Crippen LogP contribution >= 0.6 is 11.6 Å². The lowest BCUT2D eigenvalue weighted by molar-refractivity contribution is 0.463. The van der Waals surface area contributed by atoms with Crippen molar-refractivity contribution in [2.45, 2.75) is 110 Å². The van der Waals surface area contributed by atoms with Crippen LogP contribution in [0.2, 0.25) is 5.02 Å². The second-order valence-electron chi connectivity index (χ2n) is 7.82. The Balaban J connectivity index is 2.04. The topological polar surface area (TPSA) is 44.0 Å². The molecule has 1 aromatic carbocycles. The van der Waals surface area contributed by atoms with Crippen LogP contribution in [0.5, 0.6) is 5.75 Å². The third kappa shape index (κ3) is 9.52. The Morgan fingerprint density at radius 3 is 1.74 bits per heavy atom. The van der Waals surface area contributed by atoms with Gasteiger partial charge in [-0.2, -0.15) is 5.26 Å². The fraction of sp³-hybridized carbons (Fsp3) is 0.708. The van der Waals surface area contributed by atoms with Gasteiger partial charge in [-0.3, -0.25) is 0 Å². The molecular weight excluding hydrogens is 354 g/mol. The maximum absolute atomic E-state index is 10.2. The first-order chi connectivity index (χ1) is 13.1. The molecule has 1 aromatic rings. The van der Waals surface area contributed by atoms with Gasteiger partial charge < -0.3 is 5.11 Å². The summed E-state index contributed by atoms with van der Waals surface area (Å²) in [6.45, 7) is 4.05. The third-order valence-corrected chi connectivity index (χ3v) is 5.88. The molecule has 0 unspecified atom stereocenters. The molecular formula is C24H38ClNO. The summed E-state index contributed by atoms with van der Waals surface area (Å²) in [6.07, 6.45) is 19.5. The van der Waals surface area contributed by atoms with Gasteiger partial charge in [0.05, 0.1) is 5.56 Å².